The van der Waals surface area contributed by atoms with E-state index >= 15 is 0 Å². The molecule has 4 heteroatoms. The van der Waals surface area contributed by atoms with E-state index in [1.807, 2.05) is 0 Å². The second-order valence-corrected chi connectivity index (χ2v) is 3.33. The van der Waals surface area contributed by atoms with Crippen LogP contribution in [0.1, 0.15) is 5.56 Å². The van der Waals surface area contributed by atoms with Gasteiger partial charge in [0.15, 0.2) is 0 Å². The summed E-state index contributed by atoms with van der Waals surface area (Å²) in [6, 6.07) is 4.70. The number of benzene rings is 1. The minimum absolute atomic E-state index is 0.163. The number of nitrogens with one attached hydrogen (secondary N) is 1. The maximum atomic E-state index is 12.8. The predicted octanol–water partition coefficient (Wildman–Crippen LogP) is 2.22. The first-order valence-electron chi connectivity index (χ1n) is 4.37. The molecule has 1 N–H and O–H groups in total. The lowest BCUT2D eigenvalue weighted by atomic mass is 10.2. The van der Waals surface area contributed by atoms with Gasteiger partial charge >= 0.3 is 0 Å². The second kappa shape index (κ2) is 5.96. The molecular weight excluding hydrogens is 205 g/mol. The Kier molecular flexibility index (Phi) is 4.87. The van der Waals surface area contributed by atoms with Crippen LogP contribution in [0.5, 0.6) is 0 Å². The average molecular weight is 218 g/mol. The Hall–Kier alpha value is -0.640. The second-order valence-electron chi connectivity index (χ2n) is 2.92. The molecule has 0 saturated carbocycles. The lowest BCUT2D eigenvalue weighted by Crippen LogP contribution is -2.18. The standard InChI is InChI=1S/C10H13ClFNO/c1-14-5-4-13-7-8-2-3-10(12)9(11)6-8/h2-3,6,13H,4-5,7H2,1H3. The van der Waals surface area contributed by atoms with E-state index in [9.17, 15) is 4.39 Å². The fourth-order valence-electron chi connectivity index (χ4n) is 1.06. The third-order valence-electron chi connectivity index (χ3n) is 1.80. The van der Waals surface area contributed by atoms with Crippen molar-refractivity contribution in [3.63, 3.8) is 0 Å². The average Bonchev–Trinajstić information content (AvgIpc) is 2.18. The summed E-state index contributed by atoms with van der Waals surface area (Å²) in [5.74, 6) is -0.382. The van der Waals surface area contributed by atoms with Gasteiger partial charge in [0, 0.05) is 20.2 Å². The van der Waals surface area contributed by atoms with Crippen LogP contribution in [0.2, 0.25) is 5.02 Å². The van der Waals surface area contributed by atoms with Crippen LogP contribution in [0, 0.1) is 5.82 Å². The van der Waals surface area contributed by atoms with Crippen molar-refractivity contribution in [2.75, 3.05) is 20.3 Å². The molecule has 0 unspecified atom stereocenters. The van der Waals surface area contributed by atoms with E-state index in [0.717, 1.165) is 12.1 Å². The maximum Gasteiger partial charge on any atom is 0.141 e. The third kappa shape index (κ3) is 3.62. The summed E-state index contributed by atoms with van der Waals surface area (Å²) in [6.45, 7) is 2.10. The highest BCUT2D eigenvalue weighted by atomic mass is 35.5. The Balaban J connectivity index is 2.39. The first-order valence-corrected chi connectivity index (χ1v) is 4.75. The Morgan fingerprint density at radius 3 is 2.93 bits per heavy atom. The van der Waals surface area contributed by atoms with E-state index in [4.69, 9.17) is 16.3 Å². The molecule has 0 heterocycles. The van der Waals surface area contributed by atoms with E-state index < -0.39 is 0 Å². The molecule has 0 radical (unpaired) electrons. The van der Waals surface area contributed by atoms with Gasteiger partial charge in [-0.3, -0.25) is 0 Å². The number of ether oxygens (including phenoxy) is 1. The van der Waals surface area contributed by atoms with Gasteiger partial charge in [-0.05, 0) is 17.7 Å². The Bertz CT molecular complexity index is 293. The fourth-order valence-corrected chi connectivity index (χ4v) is 1.26. The van der Waals surface area contributed by atoms with Crippen LogP contribution in [0.15, 0.2) is 18.2 Å². The lowest BCUT2D eigenvalue weighted by Gasteiger charge is -2.04. The zero-order chi connectivity index (χ0) is 10.4. The molecule has 0 bridgehead atoms. The number of methoxy groups -OCH3 is 1. The lowest BCUT2D eigenvalue weighted by molar-refractivity contribution is 0.199. The summed E-state index contributed by atoms with van der Waals surface area (Å²) in [5.41, 5.74) is 0.965. The molecule has 0 fully saturated rings. The van der Waals surface area contributed by atoms with Crippen LogP contribution in [-0.2, 0) is 11.3 Å². The monoisotopic (exact) mass is 217 g/mol. The largest absolute Gasteiger partial charge is 0.383 e. The molecule has 14 heavy (non-hydrogen) atoms. The molecule has 0 spiro atoms. The first kappa shape index (κ1) is 11.4. The molecule has 0 aliphatic rings. The van der Waals surface area contributed by atoms with E-state index in [-0.39, 0.29) is 10.8 Å². The van der Waals surface area contributed by atoms with Crippen molar-refractivity contribution in [2.45, 2.75) is 6.54 Å². The van der Waals surface area contributed by atoms with Crippen molar-refractivity contribution in [3.8, 4) is 0 Å². The summed E-state index contributed by atoms with van der Waals surface area (Å²) in [4.78, 5) is 0. The molecule has 0 amide bonds. The van der Waals surface area contributed by atoms with Gasteiger partial charge in [-0.2, -0.15) is 0 Å². The minimum atomic E-state index is -0.382. The van der Waals surface area contributed by atoms with Crippen molar-refractivity contribution in [1.82, 2.24) is 5.32 Å². The van der Waals surface area contributed by atoms with E-state index in [1.165, 1.54) is 6.07 Å². The normalized spacial score (nSPS) is 10.5. The highest BCUT2D eigenvalue weighted by Gasteiger charge is 1.99. The van der Waals surface area contributed by atoms with Gasteiger partial charge in [0.2, 0.25) is 0 Å². The maximum absolute atomic E-state index is 12.8. The Labute approximate surface area is 88.0 Å². The summed E-state index contributed by atoms with van der Waals surface area (Å²) in [6.07, 6.45) is 0. The molecule has 1 aromatic carbocycles. The summed E-state index contributed by atoms with van der Waals surface area (Å²) < 4.78 is 17.6. The summed E-state index contributed by atoms with van der Waals surface area (Å²) in [7, 11) is 1.65. The topological polar surface area (TPSA) is 21.3 Å². The number of halogens is 2. The van der Waals surface area contributed by atoms with Crippen LogP contribution in [0.25, 0.3) is 0 Å². The molecule has 0 aliphatic heterocycles. The molecule has 0 aromatic heterocycles. The van der Waals surface area contributed by atoms with Gasteiger partial charge in [-0.15, -0.1) is 0 Å². The SMILES string of the molecule is COCCNCc1ccc(F)c(Cl)c1. The quantitative estimate of drug-likeness (QED) is 0.764. The molecule has 0 aliphatic carbocycles. The minimum Gasteiger partial charge on any atom is -0.383 e. The number of rotatable bonds is 5. The first-order chi connectivity index (χ1) is 6.74. The van der Waals surface area contributed by atoms with E-state index in [1.54, 1.807) is 19.2 Å². The molecular formula is C10H13ClFNO. The van der Waals surface area contributed by atoms with Gasteiger partial charge in [0.05, 0.1) is 11.6 Å². The zero-order valence-electron chi connectivity index (χ0n) is 8.02. The molecule has 78 valence electrons. The van der Waals surface area contributed by atoms with Crippen molar-refractivity contribution in [2.24, 2.45) is 0 Å². The highest BCUT2D eigenvalue weighted by molar-refractivity contribution is 6.30. The molecule has 1 aromatic rings. The third-order valence-corrected chi connectivity index (χ3v) is 2.09. The van der Waals surface area contributed by atoms with E-state index in [0.29, 0.717) is 13.2 Å². The zero-order valence-corrected chi connectivity index (χ0v) is 8.77. The Morgan fingerprint density at radius 1 is 1.50 bits per heavy atom. The van der Waals surface area contributed by atoms with Gasteiger partial charge in [0.25, 0.3) is 0 Å². The highest BCUT2D eigenvalue weighted by Crippen LogP contribution is 2.15. The summed E-state index contributed by atoms with van der Waals surface area (Å²) >= 11 is 5.63. The smallest absolute Gasteiger partial charge is 0.141 e. The molecule has 0 atom stereocenters. The fraction of sp³-hybridized carbons (Fsp3) is 0.400. The van der Waals surface area contributed by atoms with Crippen molar-refractivity contribution in [1.29, 1.82) is 0 Å². The van der Waals surface area contributed by atoms with Gasteiger partial charge < -0.3 is 10.1 Å². The van der Waals surface area contributed by atoms with Crippen molar-refractivity contribution >= 4 is 11.6 Å². The van der Waals surface area contributed by atoms with Crippen molar-refractivity contribution in [3.05, 3.63) is 34.6 Å². The van der Waals surface area contributed by atoms with Crippen LogP contribution in [-0.4, -0.2) is 20.3 Å². The number of hydrogen-bond donors (Lipinski definition) is 1. The van der Waals surface area contributed by atoms with Crippen LogP contribution in [0.4, 0.5) is 4.39 Å². The van der Waals surface area contributed by atoms with Gasteiger partial charge in [0.1, 0.15) is 5.82 Å². The predicted molar refractivity (Wildman–Crippen MR) is 55.0 cm³/mol. The molecule has 0 saturated heterocycles. The van der Waals surface area contributed by atoms with Crippen LogP contribution < -0.4 is 5.32 Å². The molecule has 1 rings (SSSR count). The van der Waals surface area contributed by atoms with Crippen LogP contribution >= 0.6 is 11.6 Å². The Morgan fingerprint density at radius 2 is 2.29 bits per heavy atom. The summed E-state index contributed by atoms with van der Waals surface area (Å²) in [5, 5.41) is 3.31. The van der Waals surface area contributed by atoms with Crippen LogP contribution in [0.3, 0.4) is 0 Å². The van der Waals surface area contributed by atoms with E-state index in [2.05, 4.69) is 5.32 Å². The van der Waals surface area contributed by atoms with Gasteiger partial charge in [-0.1, -0.05) is 17.7 Å². The number of hydrogen-bond acceptors (Lipinski definition) is 2. The van der Waals surface area contributed by atoms with Crippen molar-refractivity contribution < 1.29 is 9.13 Å². The van der Waals surface area contributed by atoms with Gasteiger partial charge in [-0.25, -0.2) is 4.39 Å². The molecule has 2 nitrogen and oxygen atoms in total.